The number of benzene rings is 1. The maximum absolute atomic E-state index is 11.2. The summed E-state index contributed by atoms with van der Waals surface area (Å²) < 4.78 is 0. The molecule has 3 nitrogen and oxygen atoms in total. The molecule has 74 valence electrons. The Morgan fingerprint density at radius 2 is 2.36 bits per heavy atom. The average molecular weight is 209 g/mol. The van der Waals surface area contributed by atoms with Crippen LogP contribution in [0.4, 0.5) is 5.69 Å². The van der Waals surface area contributed by atoms with E-state index < -0.39 is 0 Å². The number of rotatable bonds is 4. The maximum atomic E-state index is 11.2. The van der Waals surface area contributed by atoms with Gasteiger partial charge >= 0.3 is 0 Å². The van der Waals surface area contributed by atoms with Crippen LogP contribution < -0.4 is 5.32 Å². The van der Waals surface area contributed by atoms with Crippen LogP contribution in [0.2, 0.25) is 0 Å². The zero-order valence-electron chi connectivity index (χ0n) is 7.82. The number of aldehydes is 1. The van der Waals surface area contributed by atoms with E-state index in [1.165, 1.54) is 11.8 Å². The lowest BCUT2D eigenvalue weighted by atomic mass is 10.2. The number of amides is 1. The lowest BCUT2D eigenvalue weighted by Gasteiger charge is -2.03. The van der Waals surface area contributed by atoms with Crippen LogP contribution in [0.5, 0.6) is 0 Å². The predicted octanol–water partition coefficient (Wildman–Crippen LogP) is 1.80. The van der Waals surface area contributed by atoms with Crippen molar-refractivity contribution < 1.29 is 9.59 Å². The van der Waals surface area contributed by atoms with Crippen molar-refractivity contribution >= 4 is 29.6 Å². The highest BCUT2D eigenvalue weighted by Crippen LogP contribution is 2.09. The summed E-state index contributed by atoms with van der Waals surface area (Å²) in [7, 11) is 0. The fraction of sp³-hybridized carbons (Fsp3) is 0.200. The Bertz CT molecular complexity index is 339. The van der Waals surface area contributed by atoms with Crippen LogP contribution >= 0.6 is 11.8 Å². The van der Waals surface area contributed by atoms with Gasteiger partial charge in [-0.3, -0.25) is 9.59 Å². The van der Waals surface area contributed by atoms with E-state index in [-0.39, 0.29) is 5.91 Å². The molecule has 0 aliphatic heterocycles. The summed E-state index contributed by atoms with van der Waals surface area (Å²) >= 11 is 1.46. The molecule has 1 amide bonds. The summed E-state index contributed by atoms with van der Waals surface area (Å²) in [6.07, 6.45) is 2.62. The number of thioether (sulfide) groups is 1. The maximum Gasteiger partial charge on any atom is 0.234 e. The molecular formula is C10H11NO2S. The molecule has 4 heteroatoms. The van der Waals surface area contributed by atoms with Crippen molar-refractivity contribution in [2.75, 3.05) is 17.3 Å². The molecule has 0 aliphatic rings. The molecule has 0 unspecified atom stereocenters. The standard InChI is InChI=1S/C10H11NO2S/c1-14-7-10(13)11-9-4-2-3-8(5-9)6-12/h2-6H,7H2,1H3,(H,11,13). The van der Waals surface area contributed by atoms with Gasteiger partial charge in [0.1, 0.15) is 6.29 Å². The van der Waals surface area contributed by atoms with Crippen molar-refractivity contribution in [3.63, 3.8) is 0 Å². The first kappa shape index (κ1) is 10.8. The van der Waals surface area contributed by atoms with Crippen LogP contribution in [0.25, 0.3) is 0 Å². The molecule has 0 aliphatic carbocycles. The first-order valence-corrected chi connectivity index (χ1v) is 5.49. The molecule has 0 bridgehead atoms. The van der Waals surface area contributed by atoms with Gasteiger partial charge in [0, 0.05) is 11.3 Å². The monoisotopic (exact) mass is 209 g/mol. The van der Waals surface area contributed by atoms with E-state index in [2.05, 4.69) is 5.32 Å². The van der Waals surface area contributed by atoms with Crippen molar-refractivity contribution in [3.05, 3.63) is 29.8 Å². The van der Waals surface area contributed by atoms with Crippen molar-refractivity contribution in [1.82, 2.24) is 0 Å². The first-order chi connectivity index (χ1) is 6.76. The van der Waals surface area contributed by atoms with Crippen LogP contribution in [0.15, 0.2) is 24.3 Å². The van der Waals surface area contributed by atoms with Gasteiger partial charge in [0.05, 0.1) is 5.75 Å². The summed E-state index contributed by atoms with van der Waals surface area (Å²) in [5, 5.41) is 2.70. The summed E-state index contributed by atoms with van der Waals surface area (Å²) in [6, 6.07) is 6.83. The molecule has 1 rings (SSSR count). The number of carbonyl (C=O) groups is 2. The lowest BCUT2D eigenvalue weighted by molar-refractivity contribution is -0.113. The molecule has 0 atom stereocenters. The third-order valence-corrected chi connectivity index (χ3v) is 2.13. The van der Waals surface area contributed by atoms with Crippen molar-refractivity contribution in [1.29, 1.82) is 0 Å². The third kappa shape index (κ3) is 3.22. The van der Waals surface area contributed by atoms with E-state index in [0.29, 0.717) is 17.0 Å². The summed E-state index contributed by atoms with van der Waals surface area (Å²) in [6.45, 7) is 0. The van der Waals surface area contributed by atoms with E-state index in [9.17, 15) is 9.59 Å². The fourth-order valence-corrected chi connectivity index (χ4v) is 1.35. The molecule has 0 saturated carbocycles. The molecule has 0 radical (unpaired) electrons. The molecule has 1 aromatic carbocycles. The molecular weight excluding hydrogens is 198 g/mol. The Kier molecular flexibility index (Phi) is 4.19. The van der Waals surface area contributed by atoms with Gasteiger partial charge in [0.15, 0.2) is 0 Å². The van der Waals surface area contributed by atoms with E-state index in [1.807, 2.05) is 6.26 Å². The van der Waals surface area contributed by atoms with Crippen molar-refractivity contribution in [2.45, 2.75) is 0 Å². The zero-order valence-corrected chi connectivity index (χ0v) is 8.64. The number of anilines is 1. The van der Waals surface area contributed by atoms with E-state index in [0.717, 1.165) is 6.29 Å². The molecule has 14 heavy (non-hydrogen) atoms. The highest BCUT2D eigenvalue weighted by molar-refractivity contribution is 7.99. The molecule has 1 N–H and O–H groups in total. The van der Waals surface area contributed by atoms with E-state index in [4.69, 9.17) is 0 Å². The minimum absolute atomic E-state index is 0.0550. The van der Waals surface area contributed by atoms with Gasteiger partial charge in [-0.05, 0) is 18.4 Å². The van der Waals surface area contributed by atoms with Gasteiger partial charge in [-0.2, -0.15) is 11.8 Å². The first-order valence-electron chi connectivity index (χ1n) is 4.10. The summed E-state index contributed by atoms with van der Waals surface area (Å²) in [5.41, 5.74) is 1.22. The lowest BCUT2D eigenvalue weighted by Crippen LogP contribution is -2.13. The number of carbonyl (C=O) groups excluding carboxylic acids is 2. The minimum atomic E-state index is -0.0550. The minimum Gasteiger partial charge on any atom is -0.325 e. The Morgan fingerprint density at radius 1 is 1.57 bits per heavy atom. The van der Waals surface area contributed by atoms with Gasteiger partial charge in [-0.25, -0.2) is 0 Å². The highest BCUT2D eigenvalue weighted by atomic mass is 32.2. The van der Waals surface area contributed by atoms with Crippen molar-refractivity contribution in [2.24, 2.45) is 0 Å². The highest BCUT2D eigenvalue weighted by Gasteiger charge is 2.00. The largest absolute Gasteiger partial charge is 0.325 e. The van der Waals surface area contributed by atoms with Gasteiger partial charge in [-0.15, -0.1) is 0 Å². The topological polar surface area (TPSA) is 46.2 Å². The molecule has 0 spiro atoms. The molecule has 0 heterocycles. The van der Waals surface area contributed by atoms with Crippen molar-refractivity contribution in [3.8, 4) is 0 Å². The van der Waals surface area contributed by atoms with Gasteiger partial charge in [0.2, 0.25) is 5.91 Å². The van der Waals surface area contributed by atoms with Crippen LogP contribution in [-0.4, -0.2) is 24.2 Å². The van der Waals surface area contributed by atoms with Crippen LogP contribution in [-0.2, 0) is 4.79 Å². The number of nitrogens with one attached hydrogen (secondary N) is 1. The third-order valence-electron chi connectivity index (χ3n) is 1.58. The second kappa shape index (κ2) is 5.44. The quantitative estimate of drug-likeness (QED) is 0.769. The van der Waals surface area contributed by atoms with Gasteiger partial charge in [0.25, 0.3) is 0 Å². The van der Waals surface area contributed by atoms with Crippen LogP contribution in [0.3, 0.4) is 0 Å². The average Bonchev–Trinajstić information content (AvgIpc) is 2.18. The predicted molar refractivity (Wildman–Crippen MR) is 58.8 cm³/mol. The van der Waals surface area contributed by atoms with Crippen LogP contribution in [0, 0.1) is 0 Å². The number of hydrogen-bond donors (Lipinski definition) is 1. The Balaban J connectivity index is 2.66. The van der Waals surface area contributed by atoms with Crippen LogP contribution in [0.1, 0.15) is 10.4 Å². The second-order valence-electron chi connectivity index (χ2n) is 2.72. The van der Waals surface area contributed by atoms with Gasteiger partial charge < -0.3 is 5.32 Å². The smallest absolute Gasteiger partial charge is 0.234 e. The summed E-state index contributed by atoms with van der Waals surface area (Å²) in [4.78, 5) is 21.6. The molecule has 0 saturated heterocycles. The second-order valence-corrected chi connectivity index (χ2v) is 3.59. The Labute approximate surface area is 86.9 Å². The van der Waals surface area contributed by atoms with Gasteiger partial charge in [-0.1, -0.05) is 12.1 Å². The summed E-state index contributed by atoms with van der Waals surface area (Å²) in [5.74, 6) is 0.367. The Hall–Kier alpha value is -1.29. The number of hydrogen-bond acceptors (Lipinski definition) is 3. The van der Waals surface area contributed by atoms with E-state index in [1.54, 1.807) is 24.3 Å². The SMILES string of the molecule is CSCC(=O)Nc1cccc(C=O)c1. The molecule has 0 fully saturated rings. The normalized spacial score (nSPS) is 9.50. The van der Waals surface area contributed by atoms with E-state index >= 15 is 0 Å². The zero-order chi connectivity index (χ0) is 10.4. The molecule has 0 aromatic heterocycles. The fourth-order valence-electron chi connectivity index (χ4n) is 1.02. The molecule has 1 aromatic rings. The Morgan fingerprint density at radius 3 is 3.00 bits per heavy atom.